The highest BCUT2D eigenvalue weighted by Gasteiger charge is 2.26. The van der Waals surface area contributed by atoms with Crippen molar-refractivity contribution in [3.63, 3.8) is 0 Å². The van der Waals surface area contributed by atoms with Gasteiger partial charge < -0.3 is 15.0 Å². The van der Waals surface area contributed by atoms with E-state index in [0.29, 0.717) is 18.6 Å². The summed E-state index contributed by atoms with van der Waals surface area (Å²) in [6.45, 7) is 7.12. The summed E-state index contributed by atoms with van der Waals surface area (Å²) in [6.07, 6.45) is 6.05. The van der Waals surface area contributed by atoms with Crippen LogP contribution in [0.25, 0.3) is 0 Å². The molecule has 25 heavy (non-hydrogen) atoms. The number of amides is 2. The van der Waals surface area contributed by atoms with Crippen LogP contribution in [-0.2, 0) is 11.3 Å². The molecular weight excluding hydrogens is 334 g/mol. The first-order valence-corrected chi connectivity index (χ1v) is 10.6. The van der Waals surface area contributed by atoms with Gasteiger partial charge in [-0.3, -0.25) is 4.90 Å². The molecule has 1 saturated carbocycles. The summed E-state index contributed by atoms with van der Waals surface area (Å²) in [5.41, 5.74) is 1.24. The van der Waals surface area contributed by atoms with Gasteiger partial charge in [-0.25, -0.2) is 4.79 Å². The van der Waals surface area contributed by atoms with Gasteiger partial charge in [0.25, 0.3) is 0 Å². The molecule has 2 heterocycles. The maximum atomic E-state index is 12.9. The number of hydrogen-bond donors (Lipinski definition) is 1. The summed E-state index contributed by atoms with van der Waals surface area (Å²) < 4.78 is 5.42. The third kappa shape index (κ3) is 5.43. The first-order chi connectivity index (χ1) is 12.2. The zero-order chi connectivity index (χ0) is 17.5. The highest BCUT2D eigenvalue weighted by molar-refractivity contribution is 7.07. The van der Waals surface area contributed by atoms with E-state index < -0.39 is 0 Å². The van der Waals surface area contributed by atoms with Crippen LogP contribution in [0.2, 0.25) is 0 Å². The van der Waals surface area contributed by atoms with E-state index in [4.69, 9.17) is 4.74 Å². The number of morpholine rings is 1. The fraction of sp³-hybridized carbons (Fsp3) is 0.737. The second kappa shape index (κ2) is 9.55. The average molecular weight is 366 g/mol. The molecule has 6 heteroatoms. The number of urea groups is 1. The number of nitrogens with one attached hydrogen (secondary N) is 1. The van der Waals surface area contributed by atoms with Gasteiger partial charge in [0.05, 0.1) is 13.2 Å². The van der Waals surface area contributed by atoms with E-state index in [-0.39, 0.29) is 6.03 Å². The Hall–Kier alpha value is -1.11. The molecule has 2 aliphatic rings. The predicted molar refractivity (Wildman–Crippen MR) is 102 cm³/mol. The van der Waals surface area contributed by atoms with Crippen LogP contribution in [0.3, 0.4) is 0 Å². The van der Waals surface area contributed by atoms with Crippen LogP contribution < -0.4 is 5.32 Å². The van der Waals surface area contributed by atoms with Gasteiger partial charge in [-0.05, 0) is 42.2 Å². The molecule has 0 unspecified atom stereocenters. The van der Waals surface area contributed by atoms with Gasteiger partial charge in [0.2, 0.25) is 0 Å². The Morgan fingerprint density at radius 2 is 2.12 bits per heavy atom. The van der Waals surface area contributed by atoms with E-state index in [2.05, 4.69) is 38.9 Å². The van der Waals surface area contributed by atoms with Gasteiger partial charge in [0.15, 0.2) is 0 Å². The zero-order valence-corrected chi connectivity index (χ0v) is 16.1. The van der Waals surface area contributed by atoms with E-state index in [9.17, 15) is 4.79 Å². The predicted octanol–water partition coefficient (Wildman–Crippen LogP) is 3.31. The number of rotatable bonds is 6. The van der Waals surface area contributed by atoms with Gasteiger partial charge in [-0.15, -0.1) is 0 Å². The Bertz CT molecular complexity index is 511. The number of carbonyl (C=O) groups is 1. The monoisotopic (exact) mass is 365 g/mol. The molecule has 1 aliphatic heterocycles. The Kier molecular flexibility index (Phi) is 7.13. The number of thiophene rings is 1. The molecule has 1 N–H and O–H groups in total. The molecule has 1 aromatic rings. The second-order valence-corrected chi connectivity index (χ2v) is 8.01. The summed E-state index contributed by atoms with van der Waals surface area (Å²) in [5, 5.41) is 7.44. The van der Waals surface area contributed by atoms with Crippen molar-refractivity contribution in [2.24, 2.45) is 0 Å². The molecule has 2 amide bonds. The number of carbonyl (C=O) groups excluding carboxylic acids is 1. The topological polar surface area (TPSA) is 44.8 Å². The lowest BCUT2D eigenvalue weighted by atomic mass is 9.94. The summed E-state index contributed by atoms with van der Waals surface area (Å²) in [7, 11) is 0. The maximum absolute atomic E-state index is 12.9. The van der Waals surface area contributed by atoms with Crippen LogP contribution in [0.5, 0.6) is 0 Å². The number of nitrogens with zero attached hydrogens (tertiary/aromatic N) is 2. The fourth-order valence-corrected chi connectivity index (χ4v) is 4.48. The molecule has 0 bridgehead atoms. The summed E-state index contributed by atoms with van der Waals surface area (Å²) in [4.78, 5) is 17.4. The standard InChI is InChI=1S/C19H31N3O2S/c1-16(21-8-10-24-11-9-21)13-20-19(23)22(14-17-7-12-25-15-17)18-5-3-2-4-6-18/h7,12,15-16,18H,2-6,8-11,13-14H2,1H3,(H,20,23)/t16-/m1/s1. The molecule has 3 rings (SSSR count). The van der Waals surface area contributed by atoms with Crippen molar-refractivity contribution in [3.05, 3.63) is 22.4 Å². The summed E-state index contributed by atoms with van der Waals surface area (Å²) in [6, 6.07) is 2.96. The Morgan fingerprint density at radius 3 is 2.80 bits per heavy atom. The van der Waals surface area contributed by atoms with Crippen molar-refractivity contribution < 1.29 is 9.53 Å². The SMILES string of the molecule is C[C@H](CNC(=O)N(Cc1ccsc1)C1CCCCC1)N1CCOCC1. The Balaban J connectivity index is 1.55. The van der Waals surface area contributed by atoms with E-state index in [1.165, 1.54) is 24.8 Å². The average Bonchev–Trinajstić information content (AvgIpc) is 3.18. The largest absolute Gasteiger partial charge is 0.379 e. The number of hydrogen-bond acceptors (Lipinski definition) is 4. The second-order valence-electron chi connectivity index (χ2n) is 7.23. The third-order valence-corrected chi connectivity index (χ3v) is 6.16. The summed E-state index contributed by atoms with van der Waals surface area (Å²) >= 11 is 1.70. The van der Waals surface area contributed by atoms with Gasteiger partial charge in [-0.2, -0.15) is 11.3 Å². The van der Waals surface area contributed by atoms with Gasteiger partial charge in [0.1, 0.15) is 0 Å². The lowest BCUT2D eigenvalue weighted by Crippen LogP contribution is -2.51. The molecular formula is C19H31N3O2S. The Labute approximate surface area is 155 Å². The van der Waals surface area contributed by atoms with Crippen LogP contribution in [-0.4, -0.2) is 60.8 Å². The normalized spacial score (nSPS) is 21.0. The first-order valence-electron chi connectivity index (χ1n) is 9.61. The Morgan fingerprint density at radius 1 is 1.36 bits per heavy atom. The molecule has 0 aromatic carbocycles. The molecule has 5 nitrogen and oxygen atoms in total. The van der Waals surface area contributed by atoms with Gasteiger partial charge in [-0.1, -0.05) is 19.3 Å². The van der Waals surface area contributed by atoms with E-state index in [1.54, 1.807) is 11.3 Å². The molecule has 1 aliphatic carbocycles. The minimum Gasteiger partial charge on any atom is -0.379 e. The van der Waals surface area contributed by atoms with E-state index in [0.717, 1.165) is 45.7 Å². The lowest BCUT2D eigenvalue weighted by Gasteiger charge is -2.36. The third-order valence-electron chi connectivity index (χ3n) is 5.43. The van der Waals surface area contributed by atoms with Crippen LogP contribution >= 0.6 is 11.3 Å². The highest BCUT2D eigenvalue weighted by atomic mass is 32.1. The van der Waals surface area contributed by atoms with Crippen molar-refractivity contribution >= 4 is 17.4 Å². The molecule has 0 spiro atoms. The smallest absolute Gasteiger partial charge is 0.318 e. The molecule has 1 saturated heterocycles. The quantitative estimate of drug-likeness (QED) is 0.841. The molecule has 1 atom stereocenters. The lowest BCUT2D eigenvalue weighted by molar-refractivity contribution is 0.0205. The molecule has 2 fully saturated rings. The van der Waals surface area contributed by atoms with Crippen LogP contribution in [0.15, 0.2) is 16.8 Å². The van der Waals surface area contributed by atoms with Crippen molar-refractivity contribution in [3.8, 4) is 0 Å². The van der Waals surface area contributed by atoms with Crippen molar-refractivity contribution in [1.29, 1.82) is 0 Å². The molecule has 0 radical (unpaired) electrons. The van der Waals surface area contributed by atoms with E-state index >= 15 is 0 Å². The highest BCUT2D eigenvalue weighted by Crippen LogP contribution is 2.24. The van der Waals surface area contributed by atoms with Crippen LogP contribution in [0, 0.1) is 0 Å². The zero-order valence-electron chi connectivity index (χ0n) is 15.3. The van der Waals surface area contributed by atoms with Crippen LogP contribution in [0.1, 0.15) is 44.6 Å². The van der Waals surface area contributed by atoms with Crippen molar-refractivity contribution in [2.75, 3.05) is 32.8 Å². The fourth-order valence-electron chi connectivity index (χ4n) is 3.82. The number of ether oxygens (including phenoxy) is 1. The first kappa shape index (κ1) is 18.7. The van der Waals surface area contributed by atoms with Crippen LogP contribution in [0.4, 0.5) is 4.79 Å². The van der Waals surface area contributed by atoms with E-state index in [1.807, 2.05) is 0 Å². The summed E-state index contributed by atoms with van der Waals surface area (Å²) in [5.74, 6) is 0. The minimum atomic E-state index is 0.0956. The molecule has 1 aromatic heterocycles. The van der Waals surface area contributed by atoms with Gasteiger partial charge in [0, 0.05) is 38.3 Å². The maximum Gasteiger partial charge on any atom is 0.318 e. The molecule has 140 valence electrons. The van der Waals surface area contributed by atoms with Crippen molar-refractivity contribution in [1.82, 2.24) is 15.1 Å². The van der Waals surface area contributed by atoms with Gasteiger partial charge >= 0.3 is 6.03 Å². The minimum absolute atomic E-state index is 0.0956. The van der Waals surface area contributed by atoms with Crippen molar-refractivity contribution in [2.45, 2.75) is 57.7 Å².